The first-order valence-electron chi connectivity index (χ1n) is 6.82. The molecule has 0 radical (unpaired) electrons. The van der Waals surface area contributed by atoms with Gasteiger partial charge in [0.05, 0.1) is 0 Å². The van der Waals surface area contributed by atoms with E-state index in [1.165, 1.54) is 24.0 Å². The largest absolute Gasteiger partial charge is 0.352 e. The monoisotopic (exact) mass is 246 g/mol. The quantitative estimate of drug-likeness (QED) is 0.858. The minimum absolute atomic E-state index is 0.0349. The van der Waals surface area contributed by atoms with Gasteiger partial charge in [-0.15, -0.1) is 0 Å². The molecular weight excluding hydrogens is 224 g/mol. The van der Waals surface area contributed by atoms with E-state index >= 15 is 0 Å². The molecule has 1 aromatic carbocycles. The second-order valence-electron chi connectivity index (χ2n) is 4.96. The van der Waals surface area contributed by atoms with Crippen molar-refractivity contribution < 1.29 is 4.79 Å². The molecule has 18 heavy (non-hydrogen) atoms. The molecule has 1 fully saturated rings. The number of aryl methyl sites for hydroxylation is 1. The van der Waals surface area contributed by atoms with Gasteiger partial charge in [0, 0.05) is 12.1 Å². The van der Waals surface area contributed by atoms with Crippen molar-refractivity contribution in [2.45, 2.75) is 32.6 Å². The van der Waals surface area contributed by atoms with Crippen LogP contribution in [0.1, 0.15) is 47.2 Å². The van der Waals surface area contributed by atoms with E-state index in [9.17, 15) is 4.79 Å². The summed E-state index contributed by atoms with van der Waals surface area (Å²) in [5, 5.41) is 6.24. The summed E-state index contributed by atoms with van der Waals surface area (Å²) in [5.74, 6) is 0.633. The highest BCUT2D eigenvalue weighted by atomic mass is 16.1. The number of hydrogen-bond donors (Lipinski definition) is 2. The normalized spacial score (nSPS) is 16.6. The van der Waals surface area contributed by atoms with Crippen LogP contribution in [0.25, 0.3) is 0 Å². The van der Waals surface area contributed by atoms with Crippen molar-refractivity contribution in [3.8, 4) is 0 Å². The first-order valence-corrected chi connectivity index (χ1v) is 6.82. The molecule has 1 aliphatic heterocycles. The summed E-state index contributed by atoms with van der Waals surface area (Å²) in [5.41, 5.74) is 3.44. The average molecular weight is 246 g/mol. The van der Waals surface area contributed by atoms with Crippen LogP contribution < -0.4 is 10.6 Å². The van der Waals surface area contributed by atoms with E-state index in [1.54, 1.807) is 0 Å². The standard InChI is InChI=1S/C15H22N2O/c1-3-17-15(18)13-5-4-11(2)14(10-13)12-6-8-16-9-7-12/h4-5,10,12,16H,3,6-9H2,1-2H3,(H,17,18). The number of hydrogen-bond acceptors (Lipinski definition) is 2. The SMILES string of the molecule is CCNC(=O)c1ccc(C)c(C2CCNCC2)c1. The molecule has 2 N–H and O–H groups in total. The fourth-order valence-corrected chi connectivity index (χ4v) is 2.62. The summed E-state index contributed by atoms with van der Waals surface area (Å²) >= 11 is 0. The van der Waals surface area contributed by atoms with Crippen molar-refractivity contribution >= 4 is 5.91 Å². The van der Waals surface area contributed by atoms with Crippen LogP contribution in [0.2, 0.25) is 0 Å². The van der Waals surface area contributed by atoms with Gasteiger partial charge in [0.1, 0.15) is 0 Å². The zero-order valence-electron chi connectivity index (χ0n) is 11.3. The van der Waals surface area contributed by atoms with Gasteiger partial charge >= 0.3 is 0 Å². The zero-order chi connectivity index (χ0) is 13.0. The highest BCUT2D eigenvalue weighted by Gasteiger charge is 2.18. The second kappa shape index (κ2) is 6.01. The summed E-state index contributed by atoms with van der Waals surface area (Å²) < 4.78 is 0. The Morgan fingerprint density at radius 3 is 2.78 bits per heavy atom. The van der Waals surface area contributed by atoms with E-state index in [-0.39, 0.29) is 5.91 Å². The Hall–Kier alpha value is -1.35. The molecule has 1 amide bonds. The number of nitrogens with one attached hydrogen (secondary N) is 2. The topological polar surface area (TPSA) is 41.1 Å². The molecule has 3 heteroatoms. The Balaban J connectivity index is 2.23. The summed E-state index contributed by atoms with van der Waals surface area (Å²) in [4.78, 5) is 11.9. The minimum atomic E-state index is 0.0349. The van der Waals surface area contributed by atoms with E-state index < -0.39 is 0 Å². The van der Waals surface area contributed by atoms with Gasteiger partial charge in [-0.25, -0.2) is 0 Å². The molecule has 0 spiro atoms. The third-order valence-electron chi connectivity index (χ3n) is 3.66. The number of amides is 1. The van der Waals surface area contributed by atoms with Gasteiger partial charge in [0.2, 0.25) is 0 Å². The second-order valence-corrected chi connectivity index (χ2v) is 4.96. The first kappa shape index (κ1) is 13.1. The average Bonchev–Trinajstić information content (AvgIpc) is 2.40. The molecule has 0 aliphatic carbocycles. The molecule has 1 aromatic rings. The summed E-state index contributed by atoms with van der Waals surface area (Å²) in [6.45, 7) is 6.92. The highest BCUT2D eigenvalue weighted by molar-refractivity contribution is 5.94. The first-order chi connectivity index (χ1) is 8.72. The Morgan fingerprint density at radius 1 is 1.39 bits per heavy atom. The molecule has 0 saturated carbocycles. The minimum Gasteiger partial charge on any atom is -0.352 e. The Labute approximate surface area is 109 Å². The van der Waals surface area contributed by atoms with E-state index in [0.29, 0.717) is 12.5 Å². The lowest BCUT2D eigenvalue weighted by atomic mass is 9.86. The van der Waals surface area contributed by atoms with E-state index in [1.807, 2.05) is 13.0 Å². The maximum atomic E-state index is 11.9. The maximum absolute atomic E-state index is 11.9. The Morgan fingerprint density at radius 2 is 2.11 bits per heavy atom. The van der Waals surface area contributed by atoms with Gasteiger partial charge in [-0.05, 0) is 69.0 Å². The van der Waals surface area contributed by atoms with Crippen molar-refractivity contribution in [2.75, 3.05) is 19.6 Å². The van der Waals surface area contributed by atoms with Crippen molar-refractivity contribution in [3.05, 3.63) is 34.9 Å². The molecule has 0 aromatic heterocycles. The maximum Gasteiger partial charge on any atom is 0.251 e. The van der Waals surface area contributed by atoms with Gasteiger partial charge in [0.15, 0.2) is 0 Å². The van der Waals surface area contributed by atoms with Crippen molar-refractivity contribution in [3.63, 3.8) is 0 Å². The lowest BCUT2D eigenvalue weighted by Gasteiger charge is -2.24. The van der Waals surface area contributed by atoms with E-state index in [4.69, 9.17) is 0 Å². The van der Waals surface area contributed by atoms with Crippen molar-refractivity contribution in [1.82, 2.24) is 10.6 Å². The lowest BCUT2D eigenvalue weighted by Crippen LogP contribution is -2.27. The van der Waals surface area contributed by atoms with Gasteiger partial charge in [-0.3, -0.25) is 4.79 Å². The van der Waals surface area contributed by atoms with Crippen LogP contribution >= 0.6 is 0 Å². The van der Waals surface area contributed by atoms with Crippen LogP contribution in [0.4, 0.5) is 0 Å². The molecule has 0 unspecified atom stereocenters. The fourth-order valence-electron chi connectivity index (χ4n) is 2.62. The van der Waals surface area contributed by atoms with Crippen molar-refractivity contribution in [2.24, 2.45) is 0 Å². The number of benzene rings is 1. The van der Waals surface area contributed by atoms with Gasteiger partial charge in [-0.1, -0.05) is 6.07 Å². The predicted octanol–water partition coefficient (Wildman–Crippen LogP) is 2.21. The summed E-state index contributed by atoms with van der Waals surface area (Å²) in [6, 6.07) is 6.07. The molecular formula is C15H22N2O. The number of piperidine rings is 1. The molecule has 2 rings (SSSR count). The molecule has 1 aliphatic rings. The third kappa shape index (κ3) is 2.91. The molecule has 1 heterocycles. The molecule has 0 bridgehead atoms. The van der Waals surface area contributed by atoms with Gasteiger partial charge < -0.3 is 10.6 Å². The van der Waals surface area contributed by atoms with E-state index in [0.717, 1.165) is 18.7 Å². The smallest absolute Gasteiger partial charge is 0.251 e. The van der Waals surface area contributed by atoms with Crippen LogP contribution in [0, 0.1) is 6.92 Å². The highest BCUT2D eigenvalue weighted by Crippen LogP contribution is 2.28. The van der Waals surface area contributed by atoms with Crippen LogP contribution in [-0.4, -0.2) is 25.5 Å². The number of carbonyl (C=O) groups is 1. The zero-order valence-corrected chi connectivity index (χ0v) is 11.3. The molecule has 98 valence electrons. The third-order valence-corrected chi connectivity index (χ3v) is 3.66. The lowest BCUT2D eigenvalue weighted by molar-refractivity contribution is 0.0955. The Bertz CT molecular complexity index is 423. The van der Waals surface area contributed by atoms with E-state index in [2.05, 4.69) is 29.7 Å². The van der Waals surface area contributed by atoms with Gasteiger partial charge in [0.25, 0.3) is 5.91 Å². The molecule has 0 atom stereocenters. The van der Waals surface area contributed by atoms with Crippen molar-refractivity contribution in [1.29, 1.82) is 0 Å². The Kier molecular flexibility index (Phi) is 4.37. The fraction of sp³-hybridized carbons (Fsp3) is 0.533. The summed E-state index contributed by atoms with van der Waals surface area (Å²) in [6.07, 6.45) is 2.33. The predicted molar refractivity (Wildman–Crippen MR) is 74.0 cm³/mol. The van der Waals surface area contributed by atoms with Crippen LogP contribution in [0.5, 0.6) is 0 Å². The van der Waals surface area contributed by atoms with Gasteiger partial charge in [-0.2, -0.15) is 0 Å². The molecule has 1 saturated heterocycles. The number of rotatable bonds is 3. The van der Waals surface area contributed by atoms with Crippen LogP contribution in [0.15, 0.2) is 18.2 Å². The molecule has 3 nitrogen and oxygen atoms in total. The number of carbonyl (C=O) groups excluding carboxylic acids is 1. The van der Waals surface area contributed by atoms with Crippen LogP contribution in [0.3, 0.4) is 0 Å². The van der Waals surface area contributed by atoms with Crippen LogP contribution in [-0.2, 0) is 0 Å². The summed E-state index contributed by atoms with van der Waals surface area (Å²) in [7, 11) is 0.